The van der Waals surface area contributed by atoms with Crippen molar-refractivity contribution in [1.29, 1.82) is 0 Å². The zero-order chi connectivity index (χ0) is 24.2. The summed E-state index contributed by atoms with van der Waals surface area (Å²) < 4.78 is 26.0. The zero-order valence-electron chi connectivity index (χ0n) is 20.0. The highest BCUT2D eigenvalue weighted by molar-refractivity contribution is 5.94. The number of carbonyl (C=O) groups is 1. The second-order valence-corrected chi connectivity index (χ2v) is 9.33. The highest BCUT2D eigenvalue weighted by Gasteiger charge is 2.25. The molecule has 7 nitrogen and oxygen atoms in total. The molecule has 5 rings (SSSR count). The van der Waals surface area contributed by atoms with Crippen LogP contribution in [0.3, 0.4) is 0 Å². The van der Waals surface area contributed by atoms with E-state index in [0.29, 0.717) is 5.92 Å². The topological polar surface area (TPSA) is 76.6 Å². The van der Waals surface area contributed by atoms with Gasteiger partial charge in [0.15, 0.2) is 0 Å². The van der Waals surface area contributed by atoms with E-state index in [0.717, 1.165) is 86.4 Å². The number of fused-ring (bicyclic) bond motifs is 1. The van der Waals surface area contributed by atoms with Gasteiger partial charge in [-0.05, 0) is 61.8 Å². The van der Waals surface area contributed by atoms with Crippen LogP contribution in [0.25, 0.3) is 11.0 Å². The monoisotopic (exact) mass is 478 g/mol. The molecule has 0 spiro atoms. The first-order chi connectivity index (χ1) is 17.1. The molecule has 1 saturated heterocycles. The fraction of sp³-hybridized carbons (Fsp3) is 0.444. The standard InChI is InChI=1S/C27H31FN4O3/c1-29-27(33)22-15-19(4-7-23(22)28)14-18-2-5-21(6-3-18)35-25-17-20(32-10-12-34-13-11-32)16-24-26(25)31-9-8-30-24/h4,7-9,15-18,21H,2-3,5-6,10-14H2,1H3,(H,29,33). The highest BCUT2D eigenvalue weighted by Crippen LogP contribution is 2.34. The molecular weight excluding hydrogens is 447 g/mol. The molecule has 2 fully saturated rings. The Morgan fingerprint density at radius 1 is 1.11 bits per heavy atom. The van der Waals surface area contributed by atoms with E-state index < -0.39 is 11.7 Å². The number of aromatic nitrogens is 2. The Morgan fingerprint density at radius 3 is 2.66 bits per heavy atom. The van der Waals surface area contributed by atoms with E-state index in [1.54, 1.807) is 24.5 Å². The average molecular weight is 479 g/mol. The molecule has 0 unspecified atom stereocenters. The Bertz CT molecular complexity index is 1190. The lowest BCUT2D eigenvalue weighted by atomic mass is 9.83. The van der Waals surface area contributed by atoms with Crippen molar-refractivity contribution in [3.63, 3.8) is 0 Å². The number of anilines is 1. The van der Waals surface area contributed by atoms with Gasteiger partial charge in [-0.25, -0.2) is 9.37 Å². The number of rotatable bonds is 6. The first-order valence-corrected chi connectivity index (χ1v) is 12.4. The molecule has 0 bridgehead atoms. The highest BCUT2D eigenvalue weighted by atomic mass is 19.1. The van der Waals surface area contributed by atoms with E-state index in [1.807, 2.05) is 0 Å². The number of benzene rings is 2. The minimum atomic E-state index is -0.486. The van der Waals surface area contributed by atoms with Crippen LogP contribution in [0.4, 0.5) is 10.1 Å². The third-order valence-corrected chi connectivity index (χ3v) is 7.01. The number of hydrogen-bond donors (Lipinski definition) is 1. The van der Waals surface area contributed by atoms with Crippen LogP contribution >= 0.6 is 0 Å². The predicted molar refractivity (Wildman–Crippen MR) is 132 cm³/mol. The molecule has 0 radical (unpaired) electrons. The summed E-state index contributed by atoms with van der Waals surface area (Å²) in [5, 5.41) is 2.51. The molecule has 1 aromatic heterocycles. The molecule has 1 aliphatic heterocycles. The fourth-order valence-corrected chi connectivity index (χ4v) is 5.10. The van der Waals surface area contributed by atoms with Crippen molar-refractivity contribution in [2.45, 2.75) is 38.2 Å². The van der Waals surface area contributed by atoms with E-state index in [2.05, 4.69) is 32.3 Å². The van der Waals surface area contributed by atoms with Crippen molar-refractivity contribution in [3.05, 3.63) is 59.7 Å². The van der Waals surface area contributed by atoms with Gasteiger partial charge >= 0.3 is 0 Å². The maximum absolute atomic E-state index is 14.0. The minimum Gasteiger partial charge on any atom is -0.488 e. The number of halogens is 1. The number of nitrogens with one attached hydrogen (secondary N) is 1. The fourth-order valence-electron chi connectivity index (χ4n) is 5.10. The largest absolute Gasteiger partial charge is 0.488 e. The molecule has 184 valence electrons. The summed E-state index contributed by atoms with van der Waals surface area (Å²) in [4.78, 5) is 23.3. The first kappa shape index (κ1) is 23.5. The molecule has 0 atom stereocenters. The van der Waals surface area contributed by atoms with E-state index in [4.69, 9.17) is 9.47 Å². The summed E-state index contributed by atoms with van der Waals surface area (Å²) in [6.45, 7) is 3.14. The second kappa shape index (κ2) is 10.6. The van der Waals surface area contributed by atoms with Gasteiger partial charge < -0.3 is 19.7 Å². The Morgan fingerprint density at radius 2 is 1.89 bits per heavy atom. The van der Waals surface area contributed by atoms with Gasteiger partial charge in [0.05, 0.1) is 30.4 Å². The molecule has 8 heteroatoms. The molecule has 2 aliphatic rings. The molecule has 1 aliphatic carbocycles. The zero-order valence-corrected chi connectivity index (χ0v) is 20.0. The predicted octanol–water partition coefficient (Wildman–Crippen LogP) is 4.15. The lowest BCUT2D eigenvalue weighted by Crippen LogP contribution is -2.36. The van der Waals surface area contributed by atoms with Crippen molar-refractivity contribution >= 4 is 22.6 Å². The SMILES string of the molecule is CNC(=O)c1cc(CC2CCC(Oc3cc(N4CCOCC4)cc4nccnc34)CC2)ccc1F. The molecular formula is C27H31FN4O3. The van der Waals surface area contributed by atoms with Crippen LogP contribution in [0.2, 0.25) is 0 Å². The normalized spacial score (nSPS) is 20.6. The molecule has 2 aromatic carbocycles. The van der Waals surface area contributed by atoms with E-state index in [-0.39, 0.29) is 11.7 Å². The Kier molecular flexibility index (Phi) is 7.08. The number of ether oxygens (including phenoxy) is 2. The van der Waals surface area contributed by atoms with Crippen LogP contribution in [-0.2, 0) is 11.2 Å². The summed E-state index contributed by atoms with van der Waals surface area (Å²) in [7, 11) is 1.52. The molecule has 1 amide bonds. The smallest absolute Gasteiger partial charge is 0.254 e. The Hall–Kier alpha value is -3.26. The molecule has 1 saturated carbocycles. The summed E-state index contributed by atoms with van der Waals surface area (Å²) in [5.74, 6) is 0.388. The van der Waals surface area contributed by atoms with E-state index in [9.17, 15) is 9.18 Å². The van der Waals surface area contributed by atoms with Gasteiger partial charge in [0.25, 0.3) is 5.91 Å². The summed E-state index contributed by atoms with van der Waals surface area (Å²) in [6, 6.07) is 9.02. The summed E-state index contributed by atoms with van der Waals surface area (Å²) in [5.41, 5.74) is 3.82. The van der Waals surface area contributed by atoms with E-state index in [1.165, 1.54) is 13.1 Å². The Balaban J connectivity index is 1.25. The molecule has 35 heavy (non-hydrogen) atoms. The third kappa shape index (κ3) is 5.37. The van der Waals surface area contributed by atoms with Crippen molar-refractivity contribution in [3.8, 4) is 5.75 Å². The van der Waals surface area contributed by atoms with Crippen molar-refractivity contribution in [2.24, 2.45) is 5.92 Å². The van der Waals surface area contributed by atoms with Crippen molar-refractivity contribution < 1.29 is 18.7 Å². The van der Waals surface area contributed by atoms with Crippen molar-refractivity contribution in [2.75, 3.05) is 38.3 Å². The van der Waals surface area contributed by atoms with Crippen LogP contribution in [0.15, 0.2) is 42.7 Å². The van der Waals surface area contributed by atoms with Gasteiger partial charge in [0.2, 0.25) is 0 Å². The number of amides is 1. The van der Waals surface area contributed by atoms with Gasteiger partial charge in [-0.1, -0.05) is 6.07 Å². The van der Waals surface area contributed by atoms with Gasteiger partial charge in [0.1, 0.15) is 17.1 Å². The Labute approximate surface area is 204 Å². The minimum absolute atomic E-state index is 0.107. The average Bonchev–Trinajstić information content (AvgIpc) is 2.91. The van der Waals surface area contributed by atoms with Gasteiger partial charge in [-0.15, -0.1) is 0 Å². The van der Waals surface area contributed by atoms with Crippen LogP contribution in [0.5, 0.6) is 5.75 Å². The lowest BCUT2D eigenvalue weighted by molar-refractivity contribution is 0.0959. The van der Waals surface area contributed by atoms with Gasteiger partial charge in [-0.3, -0.25) is 9.78 Å². The maximum Gasteiger partial charge on any atom is 0.254 e. The molecule has 3 aromatic rings. The van der Waals surface area contributed by atoms with Crippen LogP contribution < -0.4 is 15.0 Å². The van der Waals surface area contributed by atoms with Gasteiger partial charge in [0, 0.05) is 44.3 Å². The number of hydrogen-bond acceptors (Lipinski definition) is 6. The van der Waals surface area contributed by atoms with Crippen molar-refractivity contribution in [1.82, 2.24) is 15.3 Å². The summed E-state index contributed by atoms with van der Waals surface area (Å²) in [6.07, 6.45) is 8.29. The van der Waals surface area contributed by atoms with Crippen LogP contribution in [0.1, 0.15) is 41.6 Å². The second-order valence-electron chi connectivity index (χ2n) is 9.33. The number of nitrogens with zero attached hydrogens (tertiary/aromatic N) is 3. The first-order valence-electron chi connectivity index (χ1n) is 12.4. The lowest BCUT2D eigenvalue weighted by Gasteiger charge is -2.31. The van der Waals surface area contributed by atoms with Crippen LogP contribution in [0, 0.1) is 11.7 Å². The summed E-state index contributed by atoms with van der Waals surface area (Å²) >= 11 is 0. The molecule has 2 heterocycles. The quantitative estimate of drug-likeness (QED) is 0.574. The van der Waals surface area contributed by atoms with Gasteiger partial charge in [-0.2, -0.15) is 0 Å². The van der Waals surface area contributed by atoms with Crippen LogP contribution in [-0.4, -0.2) is 55.3 Å². The number of carbonyl (C=O) groups excluding carboxylic acids is 1. The number of morpholine rings is 1. The maximum atomic E-state index is 14.0. The molecule has 1 N–H and O–H groups in total. The third-order valence-electron chi connectivity index (χ3n) is 7.01. The van der Waals surface area contributed by atoms with E-state index >= 15 is 0 Å².